The quantitative estimate of drug-likeness (QED) is 0.807. The van der Waals surface area contributed by atoms with Gasteiger partial charge >= 0.3 is 0 Å². The van der Waals surface area contributed by atoms with Gasteiger partial charge < -0.3 is 5.32 Å². The standard InChI is InChI=1S/C12H16BrN/c1-9-5-6-10(13)8-11(9)12-4-2-3-7-14-12/h5-6,8,12,14H,2-4,7H2,1H3. The average Bonchev–Trinajstić information content (AvgIpc) is 2.23. The van der Waals surface area contributed by atoms with E-state index in [0.717, 1.165) is 6.54 Å². The van der Waals surface area contributed by atoms with Crippen molar-refractivity contribution in [3.05, 3.63) is 33.8 Å². The Morgan fingerprint density at radius 2 is 2.21 bits per heavy atom. The van der Waals surface area contributed by atoms with Crippen LogP contribution >= 0.6 is 15.9 Å². The summed E-state index contributed by atoms with van der Waals surface area (Å²) in [5.41, 5.74) is 2.85. The third-order valence-electron chi connectivity index (χ3n) is 2.93. The lowest BCUT2D eigenvalue weighted by molar-refractivity contribution is 0.411. The normalized spacial score (nSPS) is 22.3. The maximum Gasteiger partial charge on any atom is 0.0323 e. The molecule has 1 aliphatic heterocycles. The van der Waals surface area contributed by atoms with E-state index in [1.54, 1.807) is 0 Å². The Labute approximate surface area is 94.0 Å². The molecule has 14 heavy (non-hydrogen) atoms. The summed E-state index contributed by atoms with van der Waals surface area (Å²) in [4.78, 5) is 0. The minimum atomic E-state index is 0.571. The molecule has 1 fully saturated rings. The van der Waals surface area contributed by atoms with E-state index in [9.17, 15) is 0 Å². The minimum Gasteiger partial charge on any atom is -0.310 e. The number of piperidine rings is 1. The van der Waals surface area contributed by atoms with Gasteiger partial charge in [-0.25, -0.2) is 0 Å². The molecule has 1 N–H and O–H groups in total. The monoisotopic (exact) mass is 253 g/mol. The lowest BCUT2D eigenvalue weighted by Gasteiger charge is -2.25. The van der Waals surface area contributed by atoms with Gasteiger partial charge in [-0.3, -0.25) is 0 Å². The molecule has 0 bridgehead atoms. The van der Waals surface area contributed by atoms with Crippen LogP contribution in [0.4, 0.5) is 0 Å². The molecule has 0 saturated carbocycles. The highest BCUT2D eigenvalue weighted by molar-refractivity contribution is 9.10. The van der Waals surface area contributed by atoms with E-state index in [2.05, 4.69) is 46.4 Å². The molecule has 1 aromatic rings. The molecule has 1 atom stereocenters. The van der Waals surface area contributed by atoms with Gasteiger partial charge in [0.05, 0.1) is 0 Å². The summed E-state index contributed by atoms with van der Waals surface area (Å²) in [5, 5.41) is 3.58. The maximum atomic E-state index is 3.58. The third-order valence-corrected chi connectivity index (χ3v) is 3.42. The van der Waals surface area contributed by atoms with Gasteiger partial charge in [0.15, 0.2) is 0 Å². The van der Waals surface area contributed by atoms with Crippen LogP contribution in [-0.2, 0) is 0 Å². The SMILES string of the molecule is Cc1ccc(Br)cc1C1CCCCN1. The zero-order chi connectivity index (χ0) is 9.97. The predicted octanol–water partition coefficient (Wildman–Crippen LogP) is 3.57. The summed E-state index contributed by atoms with van der Waals surface area (Å²) in [5.74, 6) is 0. The molecule has 0 amide bonds. The van der Waals surface area contributed by atoms with Crippen molar-refractivity contribution in [3.63, 3.8) is 0 Å². The number of rotatable bonds is 1. The molecule has 0 aromatic heterocycles. The fourth-order valence-electron chi connectivity index (χ4n) is 2.10. The largest absolute Gasteiger partial charge is 0.310 e. The van der Waals surface area contributed by atoms with Crippen LogP contribution < -0.4 is 5.32 Å². The Bertz CT molecular complexity index is 316. The number of aryl methyl sites for hydroxylation is 1. The molecular weight excluding hydrogens is 238 g/mol. The Kier molecular flexibility index (Phi) is 3.24. The van der Waals surface area contributed by atoms with Gasteiger partial charge in [0.25, 0.3) is 0 Å². The van der Waals surface area contributed by atoms with Gasteiger partial charge in [-0.05, 0) is 49.6 Å². The van der Waals surface area contributed by atoms with Crippen LogP contribution in [0.25, 0.3) is 0 Å². The summed E-state index contributed by atoms with van der Waals surface area (Å²) < 4.78 is 1.19. The van der Waals surface area contributed by atoms with E-state index in [0.29, 0.717) is 6.04 Å². The summed E-state index contributed by atoms with van der Waals surface area (Å²) in [6.07, 6.45) is 3.95. The Morgan fingerprint density at radius 1 is 1.36 bits per heavy atom. The Hall–Kier alpha value is -0.340. The molecule has 1 unspecified atom stereocenters. The zero-order valence-corrected chi connectivity index (χ0v) is 10.1. The van der Waals surface area contributed by atoms with Crippen molar-refractivity contribution in [2.75, 3.05) is 6.54 Å². The molecule has 2 rings (SSSR count). The number of halogens is 1. The van der Waals surface area contributed by atoms with Crippen molar-refractivity contribution in [2.24, 2.45) is 0 Å². The summed E-state index contributed by atoms with van der Waals surface area (Å²) >= 11 is 3.54. The Balaban J connectivity index is 2.24. The van der Waals surface area contributed by atoms with Crippen LogP contribution in [0.2, 0.25) is 0 Å². The van der Waals surface area contributed by atoms with Crippen molar-refractivity contribution in [3.8, 4) is 0 Å². The van der Waals surface area contributed by atoms with Crippen LogP contribution in [0.15, 0.2) is 22.7 Å². The summed E-state index contributed by atoms with van der Waals surface area (Å²) in [7, 11) is 0. The van der Waals surface area contributed by atoms with Crippen LogP contribution in [-0.4, -0.2) is 6.54 Å². The molecule has 0 radical (unpaired) electrons. The smallest absolute Gasteiger partial charge is 0.0323 e. The van der Waals surface area contributed by atoms with Crippen LogP contribution in [0, 0.1) is 6.92 Å². The van der Waals surface area contributed by atoms with Gasteiger partial charge in [0.1, 0.15) is 0 Å². The van der Waals surface area contributed by atoms with E-state index >= 15 is 0 Å². The first-order valence-corrected chi connectivity index (χ1v) is 6.06. The van der Waals surface area contributed by atoms with Gasteiger partial charge in [-0.15, -0.1) is 0 Å². The molecule has 1 heterocycles. The highest BCUT2D eigenvalue weighted by atomic mass is 79.9. The van der Waals surface area contributed by atoms with Crippen LogP contribution in [0.5, 0.6) is 0 Å². The predicted molar refractivity (Wildman–Crippen MR) is 63.5 cm³/mol. The van der Waals surface area contributed by atoms with Gasteiger partial charge in [-0.2, -0.15) is 0 Å². The van der Waals surface area contributed by atoms with Crippen molar-refractivity contribution in [1.82, 2.24) is 5.32 Å². The number of hydrogen-bond donors (Lipinski definition) is 1. The van der Waals surface area contributed by atoms with Crippen molar-refractivity contribution >= 4 is 15.9 Å². The molecule has 76 valence electrons. The number of nitrogens with one attached hydrogen (secondary N) is 1. The second kappa shape index (κ2) is 4.45. The topological polar surface area (TPSA) is 12.0 Å². The molecule has 0 aliphatic carbocycles. The fraction of sp³-hybridized carbons (Fsp3) is 0.500. The second-order valence-electron chi connectivity index (χ2n) is 4.00. The average molecular weight is 254 g/mol. The van der Waals surface area contributed by atoms with Crippen LogP contribution in [0.1, 0.15) is 36.4 Å². The second-order valence-corrected chi connectivity index (χ2v) is 4.92. The summed E-state index contributed by atoms with van der Waals surface area (Å²) in [6, 6.07) is 7.12. The maximum absolute atomic E-state index is 3.58. The molecule has 1 saturated heterocycles. The number of benzene rings is 1. The van der Waals surface area contributed by atoms with Crippen molar-refractivity contribution in [1.29, 1.82) is 0 Å². The highest BCUT2D eigenvalue weighted by Crippen LogP contribution is 2.27. The number of hydrogen-bond acceptors (Lipinski definition) is 1. The van der Waals surface area contributed by atoms with E-state index in [-0.39, 0.29) is 0 Å². The van der Waals surface area contributed by atoms with Crippen molar-refractivity contribution < 1.29 is 0 Å². The molecule has 0 spiro atoms. The van der Waals surface area contributed by atoms with E-state index in [4.69, 9.17) is 0 Å². The highest BCUT2D eigenvalue weighted by Gasteiger charge is 2.16. The minimum absolute atomic E-state index is 0.571. The van der Waals surface area contributed by atoms with Gasteiger partial charge in [0, 0.05) is 10.5 Å². The third kappa shape index (κ3) is 2.18. The van der Waals surface area contributed by atoms with E-state index in [1.165, 1.54) is 34.9 Å². The van der Waals surface area contributed by atoms with Crippen molar-refractivity contribution in [2.45, 2.75) is 32.2 Å². The fourth-order valence-corrected chi connectivity index (χ4v) is 2.48. The Morgan fingerprint density at radius 3 is 2.93 bits per heavy atom. The zero-order valence-electron chi connectivity index (χ0n) is 8.52. The van der Waals surface area contributed by atoms with Crippen LogP contribution in [0.3, 0.4) is 0 Å². The molecule has 1 aliphatic rings. The molecular formula is C12H16BrN. The first-order chi connectivity index (χ1) is 6.77. The first-order valence-electron chi connectivity index (χ1n) is 5.27. The molecule has 2 heteroatoms. The molecule has 1 nitrogen and oxygen atoms in total. The van der Waals surface area contributed by atoms with E-state index < -0.39 is 0 Å². The molecule has 1 aromatic carbocycles. The van der Waals surface area contributed by atoms with Gasteiger partial charge in [0.2, 0.25) is 0 Å². The lowest BCUT2D eigenvalue weighted by atomic mass is 9.94. The van der Waals surface area contributed by atoms with E-state index in [1.807, 2.05) is 0 Å². The first kappa shape index (κ1) is 10.2. The summed E-state index contributed by atoms with van der Waals surface area (Å²) in [6.45, 7) is 3.36. The lowest BCUT2D eigenvalue weighted by Crippen LogP contribution is -2.27. The van der Waals surface area contributed by atoms with Gasteiger partial charge in [-0.1, -0.05) is 28.4 Å².